The van der Waals surface area contributed by atoms with Gasteiger partial charge in [-0.3, -0.25) is 5.43 Å². The molecule has 0 bridgehead atoms. The van der Waals surface area contributed by atoms with Crippen LogP contribution < -0.4 is 5.43 Å². The number of hydrogen-bond acceptors (Lipinski definition) is 4. The Hall–Kier alpha value is -1.78. The maximum Gasteiger partial charge on any atom is 0.108 e. The lowest BCUT2D eigenvalue weighted by molar-refractivity contribution is 0.564. The van der Waals surface area contributed by atoms with E-state index in [2.05, 4.69) is 15.8 Å². The standard InChI is InChI=1S/C8H10N4O/c1-6(10-12-9)7-2-4-8(11-13)5-3-7/h2-6H,1H3,(H2,9,10). The second kappa shape index (κ2) is 4.30. The Kier molecular flexibility index (Phi) is 3.08. The predicted octanol–water partition coefficient (Wildman–Crippen LogP) is 2.68. The van der Waals surface area contributed by atoms with Gasteiger partial charge in [0.1, 0.15) is 5.69 Å². The minimum Gasteiger partial charge on any atom is -0.285 e. The van der Waals surface area contributed by atoms with Gasteiger partial charge in [0.15, 0.2) is 0 Å². The monoisotopic (exact) mass is 178 g/mol. The highest BCUT2D eigenvalue weighted by Gasteiger charge is 2.02. The van der Waals surface area contributed by atoms with Gasteiger partial charge in [0.2, 0.25) is 0 Å². The largest absolute Gasteiger partial charge is 0.285 e. The van der Waals surface area contributed by atoms with Gasteiger partial charge in [-0.2, -0.15) is 5.53 Å². The normalized spacial score (nSPS) is 11.8. The topological polar surface area (TPSA) is 77.7 Å². The Balaban J connectivity index is 2.78. The summed E-state index contributed by atoms with van der Waals surface area (Å²) in [5, 5.41) is 5.86. The molecule has 0 aromatic heterocycles. The smallest absolute Gasteiger partial charge is 0.108 e. The van der Waals surface area contributed by atoms with Gasteiger partial charge in [-0.1, -0.05) is 17.4 Å². The molecule has 1 aromatic carbocycles. The van der Waals surface area contributed by atoms with E-state index in [1.54, 1.807) is 24.3 Å². The summed E-state index contributed by atoms with van der Waals surface area (Å²) in [4.78, 5) is 10.1. The maximum atomic E-state index is 10.1. The summed E-state index contributed by atoms with van der Waals surface area (Å²) in [6.07, 6.45) is 0. The second-order valence-corrected chi connectivity index (χ2v) is 2.65. The van der Waals surface area contributed by atoms with Gasteiger partial charge in [0, 0.05) is 0 Å². The van der Waals surface area contributed by atoms with Crippen LogP contribution in [-0.2, 0) is 0 Å². The van der Waals surface area contributed by atoms with Gasteiger partial charge in [-0.25, -0.2) is 0 Å². The first kappa shape index (κ1) is 9.31. The van der Waals surface area contributed by atoms with Crippen LogP contribution in [-0.4, -0.2) is 0 Å². The Bertz CT molecular complexity index is 296. The zero-order valence-corrected chi connectivity index (χ0v) is 7.19. The molecule has 1 atom stereocenters. The molecule has 68 valence electrons. The molecule has 0 spiro atoms. The fourth-order valence-corrected chi connectivity index (χ4v) is 0.995. The molecule has 0 fully saturated rings. The van der Waals surface area contributed by atoms with Crippen LogP contribution in [0.15, 0.2) is 34.7 Å². The average Bonchev–Trinajstić information content (AvgIpc) is 2.18. The molecule has 1 rings (SSSR count). The zero-order valence-electron chi connectivity index (χ0n) is 7.19. The van der Waals surface area contributed by atoms with Crippen LogP contribution in [0, 0.1) is 10.4 Å². The third-order valence-corrected chi connectivity index (χ3v) is 1.76. The van der Waals surface area contributed by atoms with Crippen molar-refractivity contribution in [3.63, 3.8) is 0 Å². The number of nitrogens with zero attached hydrogens (tertiary/aromatic N) is 2. The van der Waals surface area contributed by atoms with Crippen LogP contribution in [0.1, 0.15) is 18.5 Å². The van der Waals surface area contributed by atoms with Crippen molar-refractivity contribution < 1.29 is 0 Å². The highest BCUT2D eigenvalue weighted by atomic mass is 16.3. The van der Waals surface area contributed by atoms with E-state index >= 15 is 0 Å². The minimum absolute atomic E-state index is 0.0294. The van der Waals surface area contributed by atoms with Crippen LogP contribution >= 0.6 is 0 Å². The number of nitroso groups, excluding NO2 is 1. The van der Waals surface area contributed by atoms with Crippen molar-refractivity contribution in [2.75, 3.05) is 0 Å². The molecule has 0 heterocycles. The summed E-state index contributed by atoms with van der Waals surface area (Å²) >= 11 is 0. The number of benzene rings is 1. The molecule has 13 heavy (non-hydrogen) atoms. The minimum atomic E-state index is -0.0294. The van der Waals surface area contributed by atoms with E-state index < -0.39 is 0 Å². The van der Waals surface area contributed by atoms with Crippen molar-refractivity contribution in [3.05, 3.63) is 34.7 Å². The number of hydrogen-bond donors (Lipinski definition) is 2. The van der Waals surface area contributed by atoms with E-state index in [1.165, 1.54) is 0 Å². The molecule has 0 saturated carbocycles. The lowest BCUT2D eigenvalue weighted by Crippen LogP contribution is -2.10. The highest BCUT2D eigenvalue weighted by Crippen LogP contribution is 2.17. The van der Waals surface area contributed by atoms with Gasteiger partial charge in [0.25, 0.3) is 0 Å². The molecule has 0 saturated heterocycles. The molecule has 0 aliphatic heterocycles. The molecule has 5 nitrogen and oxygen atoms in total. The summed E-state index contributed by atoms with van der Waals surface area (Å²) in [5.74, 6) is 0. The number of nitrogens with one attached hydrogen (secondary N) is 2. The first-order valence-corrected chi connectivity index (χ1v) is 3.83. The maximum absolute atomic E-state index is 10.1. The van der Waals surface area contributed by atoms with E-state index in [-0.39, 0.29) is 6.04 Å². The molecule has 1 unspecified atom stereocenters. The van der Waals surface area contributed by atoms with Crippen LogP contribution in [0.5, 0.6) is 0 Å². The second-order valence-electron chi connectivity index (χ2n) is 2.65. The van der Waals surface area contributed by atoms with E-state index in [1.807, 2.05) is 6.92 Å². The fourth-order valence-electron chi connectivity index (χ4n) is 0.995. The Morgan fingerprint density at radius 3 is 2.46 bits per heavy atom. The van der Waals surface area contributed by atoms with Crippen molar-refractivity contribution in [2.45, 2.75) is 13.0 Å². The van der Waals surface area contributed by atoms with Crippen molar-refractivity contribution >= 4 is 5.69 Å². The fraction of sp³-hybridized carbons (Fsp3) is 0.250. The van der Waals surface area contributed by atoms with Crippen molar-refractivity contribution in [1.29, 1.82) is 5.53 Å². The SMILES string of the molecule is CC(NN=N)c1ccc(N=O)cc1. The van der Waals surface area contributed by atoms with Crippen molar-refractivity contribution in [3.8, 4) is 0 Å². The van der Waals surface area contributed by atoms with Gasteiger partial charge >= 0.3 is 0 Å². The summed E-state index contributed by atoms with van der Waals surface area (Å²) in [7, 11) is 0. The third kappa shape index (κ3) is 2.33. The molecular formula is C8H10N4O. The number of rotatable bonds is 4. The Morgan fingerprint density at radius 1 is 1.38 bits per heavy atom. The quantitative estimate of drug-likeness (QED) is 0.422. The lowest BCUT2D eigenvalue weighted by atomic mass is 10.1. The molecule has 1 aromatic rings. The van der Waals surface area contributed by atoms with Gasteiger partial charge in [-0.15, -0.1) is 4.91 Å². The summed E-state index contributed by atoms with van der Waals surface area (Å²) in [6.45, 7) is 1.88. The van der Waals surface area contributed by atoms with Gasteiger partial charge in [0.05, 0.1) is 6.04 Å². The molecule has 0 aliphatic rings. The molecule has 5 heteroatoms. The van der Waals surface area contributed by atoms with Crippen molar-refractivity contribution in [1.82, 2.24) is 5.43 Å². The first-order chi connectivity index (χ1) is 6.27. The molecule has 0 radical (unpaired) electrons. The molecular weight excluding hydrogens is 168 g/mol. The van der Waals surface area contributed by atoms with Gasteiger partial charge in [-0.05, 0) is 29.8 Å². The Labute approximate surface area is 75.6 Å². The van der Waals surface area contributed by atoms with E-state index in [9.17, 15) is 4.91 Å². The van der Waals surface area contributed by atoms with Crippen LogP contribution in [0.3, 0.4) is 0 Å². The third-order valence-electron chi connectivity index (χ3n) is 1.76. The first-order valence-electron chi connectivity index (χ1n) is 3.83. The van der Waals surface area contributed by atoms with Crippen molar-refractivity contribution in [2.24, 2.45) is 10.4 Å². The molecule has 0 aliphatic carbocycles. The van der Waals surface area contributed by atoms with Crippen LogP contribution in [0.25, 0.3) is 0 Å². The predicted molar refractivity (Wildman–Crippen MR) is 48.6 cm³/mol. The lowest BCUT2D eigenvalue weighted by Gasteiger charge is -2.09. The molecule has 2 N–H and O–H groups in total. The van der Waals surface area contributed by atoms with E-state index in [0.29, 0.717) is 5.69 Å². The highest BCUT2D eigenvalue weighted by molar-refractivity contribution is 5.39. The summed E-state index contributed by atoms with van der Waals surface area (Å²) < 4.78 is 0. The van der Waals surface area contributed by atoms with Crippen LogP contribution in [0.4, 0.5) is 5.69 Å². The average molecular weight is 178 g/mol. The van der Waals surface area contributed by atoms with Gasteiger partial charge < -0.3 is 0 Å². The molecule has 0 amide bonds. The van der Waals surface area contributed by atoms with Crippen LogP contribution in [0.2, 0.25) is 0 Å². The summed E-state index contributed by atoms with van der Waals surface area (Å²) in [6, 6.07) is 6.78. The Morgan fingerprint density at radius 2 is 2.00 bits per heavy atom. The zero-order chi connectivity index (χ0) is 9.68. The van der Waals surface area contributed by atoms with E-state index in [4.69, 9.17) is 5.53 Å². The van der Waals surface area contributed by atoms with E-state index in [0.717, 1.165) is 5.56 Å². The summed E-state index contributed by atoms with van der Waals surface area (Å²) in [5.41, 5.74) is 10.6.